The van der Waals surface area contributed by atoms with Crippen molar-refractivity contribution in [3.8, 4) is 5.75 Å². The smallest absolute Gasteiger partial charge is 0.121 e. The van der Waals surface area contributed by atoms with Gasteiger partial charge in [-0.25, -0.2) is 9.97 Å². The molecule has 0 radical (unpaired) electrons. The molecule has 1 aromatic heterocycles. The molecule has 0 spiro atoms. The fraction of sp³-hybridized carbons (Fsp3) is 0.467. The lowest BCUT2D eigenvalue weighted by Crippen LogP contribution is -2.14. The number of hydrogen-bond donors (Lipinski definition) is 0. The fourth-order valence-electron chi connectivity index (χ4n) is 1.98. The third-order valence-corrected chi connectivity index (χ3v) is 2.69. The van der Waals surface area contributed by atoms with Crippen LogP contribution in [0.2, 0.25) is 0 Å². The third kappa shape index (κ3) is 2.61. The number of fused-ring (bicyclic) bond motifs is 1. The molecule has 0 aliphatic carbocycles. The molecule has 0 saturated heterocycles. The summed E-state index contributed by atoms with van der Waals surface area (Å²) in [7, 11) is 0. The summed E-state index contributed by atoms with van der Waals surface area (Å²) < 4.78 is 5.69. The van der Waals surface area contributed by atoms with Crippen molar-refractivity contribution in [1.29, 1.82) is 0 Å². The quantitative estimate of drug-likeness (QED) is 0.807. The van der Waals surface area contributed by atoms with Crippen LogP contribution in [0.25, 0.3) is 10.9 Å². The van der Waals surface area contributed by atoms with Gasteiger partial charge in [-0.3, -0.25) is 0 Å². The van der Waals surface area contributed by atoms with Gasteiger partial charge in [0.1, 0.15) is 12.1 Å². The molecular formula is C15H20N2O. The summed E-state index contributed by atoms with van der Waals surface area (Å²) in [6.07, 6.45) is 1.80. The number of benzene rings is 1. The first-order valence-corrected chi connectivity index (χ1v) is 6.30. The molecule has 0 unspecified atom stereocenters. The van der Waals surface area contributed by atoms with E-state index < -0.39 is 0 Å². The zero-order valence-corrected chi connectivity index (χ0v) is 11.7. The highest BCUT2D eigenvalue weighted by atomic mass is 16.5. The van der Waals surface area contributed by atoms with E-state index in [1.54, 1.807) is 6.33 Å². The van der Waals surface area contributed by atoms with Crippen molar-refractivity contribution in [1.82, 2.24) is 9.97 Å². The topological polar surface area (TPSA) is 35.0 Å². The van der Waals surface area contributed by atoms with Gasteiger partial charge in [0.25, 0.3) is 0 Å². The summed E-state index contributed by atoms with van der Waals surface area (Å²) in [6, 6.07) is 6.01. The molecule has 96 valence electrons. The Balaban J connectivity index is 2.53. The van der Waals surface area contributed by atoms with Gasteiger partial charge in [0.15, 0.2) is 0 Å². The van der Waals surface area contributed by atoms with Crippen molar-refractivity contribution in [2.75, 3.05) is 0 Å². The van der Waals surface area contributed by atoms with E-state index in [9.17, 15) is 0 Å². The predicted octanol–water partition coefficient (Wildman–Crippen LogP) is 3.71. The monoisotopic (exact) mass is 244 g/mol. The van der Waals surface area contributed by atoms with Gasteiger partial charge in [-0.05, 0) is 26.0 Å². The van der Waals surface area contributed by atoms with Gasteiger partial charge in [0.2, 0.25) is 0 Å². The molecule has 0 bridgehead atoms. The zero-order chi connectivity index (χ0) is 13.3. The van der Waals surface area contributed by atoms with Gasteiger partial charge < -0.3 is 4.74 Å². The van der Waals surface area contributed by atoms with Crippen LogP contribution in [-0.2, 0) is 5.41 Å². The van der Waals surface area contributed by atoms with Gasteiger partial charge in [-0.1, -0.05) is 20.8 Å². The number of rotatable bonds is 2. The summed E-state index contributed by atoms with van der Waals surface area (Å²) in [4.78, 5) is 8.75. The Kier molecular flexibility index (Phi) is 3.24. The lowest BCUT2D eigenvalue weighted by Gasteiger charge is -2.19. The molecule has 1 aromatic carbocycles. The van der Waals surface area contributed by atoms with Crippen molar-refractivity contribution < 1.29 is 4.74 Å². The van der Waals surface area contributed by atoms with Gasteiger partial charge in [0, 0.05) is 16.9 Å². The van der Waals surface area contributed by atoms with E-state index in [4.69, 9.17) is 4.74 Å². The second kappa shape index (κ2) is 4.56. The maximum absolute atomic E-state index is 5.69. The fourth-order valence-corrected chi connectivity index (χ4v) is 1.98. The van der Waals surface area contributed by atoms with Gasteiger partial charge in [0.05, 0.1) is 17.3 Å². The van der Waals surface area contributed by atoms with Crippen molar-refractivity contribution in [3.05, 3.63) is 30.2 Å². The summed E-state index contributed by atoms with van der Waals surface area (Å²) in [6.45, 7) is 10.5. The van der Waals surface area contributed by atoms with E-state index in [-0.39, 0.29) is 11.5 Å². The van der Waals surface area contributed by atoms with E-state index in [0.29, 0.717) is 0 Å². The molecule has 3 heteroatoms. The second-order valence-corrected chi connectivity index (χ2v) is 5.82. The SMILES string of the molecule is CC(C)Oc1ccc2c(C(C)(C)C)ncnc2c1. The molecule has 0 aliphatic rings. The Morgan fingerprint density at radius 3 is 2.44 bits per heavy atom. The molecule has 18 heavy (non-hydrogen) atoms. The molecule has 0 N–H and O–H groups in total. The second-order valence-electron chi connectivity index (χ2n) is 5.82. The third-order valence-electron chi connectivity index (χ3n) is 2.69. The highest BCUT2D eigenvalue weighted by Gasteiger charge is 2.19. The number of ether oxygens (including phenoxy) is 1. The first kappa shape index (κ1) is 12.8. The predicted molar refractivity (Wildman–Crippen MR) is 74.0 cm³/mol. The lowest BCUT2D eigenvalue weighted by atomic mass is 9.89. The molecular weight excluding hydrogens is 224 g/mol. The zero-order valence-electron chi connectivity index (χ0n) is 11.7. The van der Waals surface area contributed by atoms with Crippen LogP contribution in [0.4, 0.5) is 0 Å². The molecule has 0 fully saturated rings. The molecule has 0 saturated carbocycles. The average Bonchev–Trinajstić information content (AvgIpc) is 2.25. The van der Waals surface area contributed by atoms with Crippen molar-refractivity contribution >= 4 is 10.9 Å². The van der Waals surface area contributed by atoms with Crippen LogP contribution in [0.1, 0.15) is 40.3 Å². The van der Waals surface area contributed by atoms with Crippen LogP contribution in [-0.4, -0.2) is 16.1 Å². The average molecular weight is 244 g/mol. The summed E-state index contributed by atoms with van der Waals surface area (Å²) in [5.41, 5.74) is 2.03. The van der Waals surface area contributed by atoms with E-state index >= 15 is 0 Å². The molecule has 3 nitrogen and oxygen atoms in total. The van der Waals surface area contributed by atoms with Crippen LogP contribution in [0.5, 0.6) is 5.75 Å². The van der Waals surface area contributed by atoms with E-state index in [2.05, 4.69) is 30.7 Å². The standard InChI is InChI=1S/C15H20N2O/c1-10(2)18-11-6-7-12-13(8-11)16-9-17-14(12)15(3,4)5/h6-10H,1-5H3. The van der Waals surface area contributed by atoms with Crippen LogP contribution in [0.3, 0.4) is 0 Å². The van der Waals surface area contributed by atoms with Gasteiger partial charge >= 0.3 is 0 Å². The summed E-state index contributed by atoms with van der Waals surface area (Å²) >= 11 is 0. The molecule has 2 rings (SSSR count). The first-order chi connectivity index (χ1) is 8.38. The largest absolute Gasteiger partial charge is 0.491 e. The van der Waals surface area contributed by atoms with Gasteiger partial charge in [-0.15, -0.1) is 0 Å². The van der Waals surface area contributed by atoms with Crippen LogP contribution in [0.15, 0.2) is 24.5 Å². The Morgan fingerprint density at radius 1 is 1.11 bits per heavy atom. The van der Waals surface area contributed by atoms with E-state index in [0.717, 1.165) is 22.3 Å². The molecule has 0 aliphatic heterocycles. The maximum atomic E-state index is 5.69. The Labute approximate surface area is 108 Å². The highest BCUT2D eigenvalue weighted by Crippen LogP contribution is 2.29. The number of hydrogen-bond acceptors (Lipinski definition) is 3. The minimum absolute atomic E-state index is 0.0155. The number of nitrogens with zero attached hydrogens (tertiary/aromatic N) is 2. The van der Waals surface area contributed by atoms with Crippen LogP contribution < -0.4 is 4.74 Å². The minimum Gasteiger partial charge on any atom is -0.491 e. The van der Waals surface area contributed by atoms with Crippen LogP contribution in [0, 0.1) is 0 Å². The molecule has 1 heterocycles. The Hall–Kier alpha value is -1.64. The normalized spacial score (nSPS) is 12.1. The molecule has 2 aromatic rings. The summed E-state index contributed by atoms with van der Waals surface area (Å²) in [5, 5.41) is 1.10. The van der Waals surface area contributed by atoms with Crippen molar-refractivity contribution in [2.45, 2.75) is 46.1 Å². The van der Waals surface area contributed by atoms with Gasteiger partial charge in [-0.2, -0.15) is 0 Å². The van der Waals surface area contributed by atoms with E-state index in [1.807, 2.05) is 32.0 Å². The summed E-state index contributed by atoms with van der Waals surface area (Å²) in [5.74, 6) is 0.857. The van der Waals surface area contributed by atoms with Crippen molar-refractivity contribution in [3.63, 3.8) is 0 Å². The van der Waals surface area contributed by atoms with E-state index in [1.165, 1.54) is 0 Å². The minimum atomic E-state index is 0.0155. The first-order valence-electron chi connectivity index (χ1n) is 6.30. The Morgan fingerprint density at radius 2 is 1.83 bits per heavy atom. The Bertz CT molecular complexity index is 556. The van der Waals surface area contributed by atoms with Crippen molar-refractivity contribution in [2.24, 2.45) is 0 Å². The maximum Gasteiger partial charge on any atom is 0.121 e. The highest BCUT2D eigenvalue weighted by molar-refractivity contribution is 5.82. The van der Waals surface area contributed by atoms with Crippen LogP contribution >= 0.6 is 0 Å². The molecule has 0 amide bonds. The number of aromatic nitrogens is 2. The lowest BCUT2D eigenvalue weighted by molar-refractivity contribution is 0.242. The molecule has 0 atom stereocenters.